The molecule has 0 aliphatic carbocycles. The molecule has 0 unspecified atom stereocenters. The van der Waals surface area contributed by atoms with Crippen molar-refractivity contribution < 1.29 is 14.5 Å². The fraction of sp³-hybridized carbons (Fsp3) is 0. The molecule has 0 aliphatic rings. The van der Waals surface area contributed by atoms with Crippen LogP contribution in [-0.2, 0) is 4.79 Å². The third kappa shape index (κ3) is 4.35. The molecule has 0 fully saturated rings. The van der Waals surface area contributed by atoms with Crippen LogP contribution in [0.1, 0.15) is 15.9 Å². The summed E-state index contributed by atoms with van der Waals surface area (Å²) >= 11 is 0. The first-order chi connectivity index (χ1) is 13.0. The van der Waals surface area contributed by atoms with E-state index in [0.717, 1.165) is 16.3 Å². The average molecular weight is 361 g/mol. The van der Waals surface area contributed by atoms with Crippen molar-refractivity contribution >= 4 is 34.4 Å². The SMILES string of the molecule is O=C(/C=C/c1cccc2ccccc12)NNC(=O)c1ccc([N+](=O)[O-])cc1. The standard InChI is InChI=1S/C20H15N3O4/c24-19(13-10-15-6-3-5-14-4-1-2-7-18(14)15)21-22-20(25)16-8-11-17(12-9-16)23(26)27/h1-13H,(H,21,24)(H,22,25)/b13-10+. The molecular weight excluding hydrogens is 346 g/mol. The monoisotopic (exact) mass is 361 g/mol. The van der Waals surface area contributed by atoms with E-state index in [9.17, 15) is 19.7 Å². The number of carbonyl (C=O) groups is 2. The van der Waals surface area contributed by atoms with Crippen molar-refractivity contribution in [1.29, 1.82) is 0 Å². The molecule has 0 spiro atoms. The molecule has 134 valence electrons. The lowest BCUT2D eigenvalue weighted by molar-refractivity contribution is -0.384. The molecule has 2 N–H and O–H groups in total. The molecule has 27 heavy (non-hydrogen) atoms. The molecule has 0 atom stereocenters. The van der Waals surface area contributed by atoms with Crippen LogP contribution in [0.25, 0.3) is 16.8 Å². The second-order valence-electron chi connectivity index (χ2n) is 5.65. The molecule has 3 rings (SSSR count). The van der Waals surface area contributed by atoms with Crippen LogP contribution in [0.15, 0.2) is 72.8 Å². The lowest BCUT2D eigenvalue weighted by Gasteiger charge is -2.05. The van der Waals surface area contributed by atoms with Gasteiger partial charge in [-0.3, -0.25) is 30.6 Å². The number of hydrogen-bond donors (Lipinski definition) is 2. The summed E-state index contributed by atoms with van der Waals surface area (Å²) in [5.74, 6) is -1.07. The number of amides is 2. The van der Waals surface area contributed by atoms with Crippen LogP contribution in [0, 0.1) is 10.1 Å². The highest BCUT2D eigenvalue weighted by atomic mass is 16.6. The number of nitrogens with zero attached hydrogens (tertiary/aromatic N) is 1. The van der Waals surface area contributed by atoms with Gasteiger partial charge in [0.1, 0.15) is 0 Å². The number of non-ortho nitro benzene ring substituents is 1. The number of benzene rings is 3. The van der Waals surface area contributed by atoms with Crippen molar-refractivity contribution in [3.63, 3.8) is 0 Å². The highest BCUT2D eigenvalue weighted by molar-refractivity contribution is 5.99. The number of carbonyl (C=O) groups excluding carboxylic acids is 2. The Hall–Kier alpha value is -4.00. The van der Waals surface area contributed by atoms with Gasteiger partial charge in [-0.25, -0.2) is 0 Å². The Morgan fingerprint density at radius 2 is 1.59 bits per heavy atom. The summed E-state index contributed by atoms with van der Waals surface area (Å²) in [4.78, 5) is 33.9. The maximum Gasteiger partial charge on any atom is 0.269 e. The zero-order valence-electron chi connectivity index (χ0n) is 14.1. The van der Waals surface area contributed by atoms with E-state index in [0.29, 0.717) is 0 Å². The lowest BCUT2D eigenvalue weighted by Crippen LogP contribution is -2.40. The number of rotatable bonds is 4. The summed E-state index contributed by atoms with van der Waals surface area (Å²) < 4.78 is 0. The van der Waals surface area contributed by atoms with E-state index in [2.05, 4.69) is 10.9 Å². The molecular formula is C20H15N3O4. The summed E-state index contributed by atoms with van der Waals surface area (Å²) in [6.07, 6.45) is 2.98. The van der Waals surface area contributed by atoms with E-state index in [-0.39, 0.29) is 11.3 Å². The molecule has 7 heteroatoms. The summed E-state index contributed by atoms with van der Waals surface area (Å²) in [5, 5.41) is 12.7. The minimum Gasteiger partial charge on any atom is -0.268 e. The second kappa shape index (κ2) is 7.92. The quantitative estimate of drug-likeness (QED) is 0.423. The van der Waals surface area contributed by atoms with Gasteiger partial charge < -0.3 is 0 Å². The van der Waals surface area contributed by atoms with Crippen LogP contribution >= 0.6 is 0 Å². The van der Waals surface area contributed by atoms with Crippen LogP contribution in [0.5, 0.6) is 0 Å². The molecule has 2 amide bonds. The van der Waals surface area contributed by atoms with Gasteiger partial charge >= 0.3 is 0 Å². The Balaban J connectivity index is 1.61. The lowest BCUT2D eigenvalue weighted by atomic mass is 10.0. The third-order valence-corrected chi connectivity index (χ3v) is 3.88. The Kier molecular flexibility index (Phi) is 5.22. The van der Waals surface area contributed by atoms with Crippen molar-refractivity contribution in [3.8, 4) is 0 Å². The maximum absolute atomic E-state index is 12.0. The van der Waals surface area contributed by atoms with Crippen molar-refractivity contribution in [2.75, 3.05) is 0 Å². The van der Waals surface area contributed by atoms with E-state index in [4.69, 9.17) is 0 Å². The van der Waals surface area contributed by atoms with E-state index in [1.54, 1.807) is 6.08 Å². The smallest absolute Gasteiger partial charge is 0.268 e. The van der Waals surface area contributed by atoms with Crippen LogP contribution in [0.4, 0.5) is 5.69 Å². The zero-order chi connectivity index (χ0) is 19.2. The molecule has 3 aromatic carbocycles. The number of nitro benzene ring substituents is 1. The summed E-state index contributed by atoms with van der Waals surface area (Å²) in [6, 6.07) is 18.6. The molecule has 3 aromatic rings. The van der Waals surface area contributed by atoms with Gasteiger partial charge in [0.05, 0.1) is 4.92 Å². The van der Waals surface area contributed by atoms with E-state index in [1.807, 2.05) is 42.5 Å². The van der Waals surface area contributed by atoms with Crippen molar-refractivity contribution in [3.05, 3.63) is 94.0 Å². The van der Waals surface area contributed by atoms with Gasteiger partial charge in [0.25, 0.3) is 17.5 Å². The maximum atomic E-state index is 12.0. The number of nitrogens with one attached hydrogen (secondary N) is 2. The van der Waals surface area contributed by atoms with Gasteiger partial charge in [-0.05, 0) is 34.5 Å². The molecule has 0 aromatic heterocycles. The summed E-state index contributed by atoms with van der Waals surface area (Å²) in [6.45, 7) is 0. The predicted octanol–water partition coefficient (Wildman–Crippen LogP) is 3.22. The third-order valence-electron chi connectivity index (χ3n) is 3.88. The number of fused-ring (bicyclic) bond motifs is 1. The van der Waals surface area contributed by atoms with E-state index in [1.165, 1.54) is 30.3 Å². The fourth-order valence-corrected chi connectivity index (χ4v) is 2.53. The molecule has 0 aliphatic heterocycles. The van der Waals surface area contributed by atoms with Crippen molar-refractivity contribution in [2.45, 2.75) is 0 Å². The van der Waals surface area contributed by atoms with Gasteiger partial charge in [-0.2, -0.15) is 0 Å². The normalized spacial score (nSPS) is 10.7. The first kappa shape index (κ1) is 17.8. The van der Waals surface area contributed by atoms with Crippen molar-refractivity contribution in [1.82, 2.24) is 10.9 Å². The Morgan fingerprint density at radius 3 is 2.33 bits per heavy atom. The average Bonchev–Trinajstić information content (AvgIpc) is 2.70. The van der Waals surface area contributed by atoms with E-state index >= 15 is 0 Å². The van der Waals surface area contributed by atoms with Gasteiger partial charge in [0, 0.05) is 23.8 Å². The molecule has 0 heterocycles. The topological polar surface area (TPSA) is 101 Å². The summed E-state index contributed by atoms with van der Waals surface area (Å²) in [5.41, 5.74) is 5.49. The van der Waals surface area contributed by atoms with Crippen LogP contribution in [-0.4, -0.2) is 16.7 Å². The number of hydrazine groups is 1. The summed E-state index contributed by atoms with van der Waals surface area (Å²) in [7, 11) is 0. The molecule has 0 saturated heterocycles. The molecule has 0 bridgehead atoms. The molecule has 7 nitrogen and oxygen atoms in total. The molecule has 0 saturated carbocycles. The Labute approximate surface area is 154 Å². The Morgan fingerprint density at radius 1 is 0.889 bits per heavy atom. The number of nitro groups is 1. The van der Waals surface area contributed by atoms with Crippen LogP contribution < -0.4 is 10.9 Å². The van der Waals surface area contributed by atoms with E-state index < -0.39 is 16.7 Å². The minimum atomic E-state index is -0.572. The second-order valence-corrected chi connectivity index (χ2v) is 5.65. The fourth-order valence-electron chi connectivity index (χ4n) is 2.53. The van der Waals surface area contributed by atoms with Gasteiger partial charge in [0.2, 0.25) is 0 Å². The van der Waals surface area contributed by atoms with Crippen LogP contribution in [0.3, 0.4) is 0 Å². The van der Waals surface area contributed by atoms with Gasteiger partial charge in [-0.1, -0.05) is 42.5 Å². The molecule has 0 radical (unpaired) electrons. The van der Waals surface area contributed by atoms with Gasteiger partial charge in [0.15, 0.2) is 0 Å². The largest absolute Gasteiger partial charge is 0.269 e. The highest BCUT2D eigenvalue weighted by Crippen LogP contribution is 2.19. The number of hydrogen-bond acceptors (Lipinski definition) is 4. The van der Waals surface area contributed by atoms with Crippen molar-refractivity contribution in [2.24, 2.45) is 0 Å². The Bertz CT molecular complexity index is 1040. The first-order valence-corrected chi connectivity index (χ1v) is 8.05. The predicted molar refractivity (Wildman–Crippen MR) is 102 cm³/mol. The van der Waals surface area contributed by atoms with Crippen LogP contribution in [0.2, 0.25) is 0 Å². The highest BCUT2D eigenvalue weighted by Gasteiger charge is 2.09. The first-order valence-electron chi connectivity index (χ1n) is 8.05. The zero-order valence-corrected chi connectivity index (χ0v) is 14.1. The van der Waals surface area contributed by atoms with Gasteiger partial charge in [-0.15, -0.1) is 0 Å². The minimum absolute atomic E-state index is 0.117.